The lowest BCUT2D eigenvalue weighted by Gasteiger charge is -2.25. The number of amides is 1. The van der Waals surface area contributed by atoms with Crippen LogP contribution in [0.4, 0.5) is 4.79 Å². The first-order valence-electron chi connectivity index (χ1n) is 10.3. The van der Waals surface area contributed by atoms with Crippen molar-refractivity contribution in [3.63, 3.8) is 0 Å². The van der Waals surface area contributed by atoms with E-state index in [9.17, 15) is 14.7 Å². The number of carboxylic acid groups (broad SMARTS) is 1. The molecule has 1 aromatic heterocycles. The molecule has 0 radical (unpaired) electrons. The highest BCUT2D eigenvalue weighted by Crippen LogP contribution is 2.44. The van der Waals surface area contributed by atoms with Gasteiger partial charge in [-0.3, -0.25) is 4.90 Å². The van der Waals surface area contributed by atoms with Crippen molar-refractivity contribution in [2.24, 2.45) is 0 Å². The predicted molar refractivity (Wildman–Crippen MR) is 119 cm³/mol. The number of carboxylic acids is 1. The van der Waals surface area contributed by atoms with E-state index in [0.717, 1.165) is 27.2 Å². The minimum Gasteiger partial charge on any atom is -0.481 e. The molecule has 2 aromatic carbocycles. The van der Waals surface area contributed by atoms with Crippen LogP contribution in [0.2, 0.25) is 0 Å². The fraction of sp³-hybridized carbons (Fsp3) is 0.240. The Morgan fingerprint density at radius 1 is 1.03 bits per heavy atom. The van der Waals surface area contributed by atoms with Crippen LogP contribution in [0, 0.1) is 0 Å². The molecule has 0 saturated carbocycles. The van der Waals surface area contributed by atoms with Crippen LogP contribution in [0.15, 0.2) is 66.9 Å². The topological polar surface area (TPSA) is 89.0 Å². The molecule has 7 nitrogen and oxygen atoms in total. The van der Waals surface area contributed by atoms with Gasteiger partial charge < -0.3 is 14.6 Å². The van der Waals surface area contributed by atoms with Gasteiger partial charge in [0.05, 0.1) is 7.11 Å². The summed E-state index contributed by atoms with van der Waals surface area (Å²) in [7, 11) is 2.95. The molecule has 4 rings (SSSR count). The average Bonchev–Trinajstić information content (AvgIpc) is 3.14. The van der Waals surface area contributed by atoms with Gasteiger partial charge in [-0.2, -0.15) is 0 Å². The zero-order valence-electron chi connectivity index (χ0n) is 17.9. The summed E-state index contributed by atoms with van der Waals surface area (Å²) >= 11 is 0. The third-order valence-electron chi connectivity index (χ3n) is 5.81. The lowest BCUT2D eigenvalue weighted by Crippen LogP contribution is -2.44. The molecule has 3 aromatic rings. The molecule has 32 heavy (non-hydrogen) atoms. The van der Waals surface area contributed by atoms with Crippen LogP contribution in [0.1, 0.15) is 22.6 Å². The number of aliphatic carboxylic acids is 1. The van der Waals surface area contributed by atoms with E-state index < -0.39 is 18.1 Å². The van der Waals surface area contributed by atoms with Gasteiger partial charge in [-0.15, -0.1) is 0 Å². The molecule has 0 spiro atoms. The molecule has 0 saturated heterocycles. The number of ether oxygens (including phenoxy) is 2. The fourth-order valence-electron chi connectivity index (χ4n) is 4.09. The molecule has 1 heterocycles. The predicted octanol–water partition coefficient (Wildman–Crippen LogP) is 3.97. The second-order valence-electron chi connectivity index (χ2n) is 7.68. The molecule has 1 atom stereocenters. The molecule has 1 aliphatic rings. The maximum atomic E-state index is 12.8. The van der Waals surface area contributed by atoms with Crippen LogP contribution in [-0.4, -0.2) is 53.9 Å². The first-order chi connectivity index (χ1) is 15.5. The van der Waals surface area contributed by atoms with Crippen molar-refractivity contribution < 1.29 is 24.2 Å². The Hall–Kier alpha value is -3.87. The number of pyridine rings is 1. The van der Waals surface area contributed by atoms with Crippen molar-refractivity contribution in [3.8, 4) is 17.0 Å². The summed E-state index contributed by atoms with van der Waals surface area (Å²) in [6.07, 6.45) is 0.966. The van der Waals surface area contributed by atoms with Crippen molar-refractivity contribution in [2.45, 2.75) is 18.4 Å². The molecule has 1 unspecified atom stereocenters. The second-order valence-corrected chi connectivity index (χ2v) is 7.68. The van der Waals surface area contributed by atoms with E-state index in [4.69, 9.17) is 9.47 Å². The standard InChI is InChI=1S/C25H24N2O5/c1-27(22(24(28)29)13-16-11-12-23(31-2)26-14-16)25(30)32-15-21-19-9-5-3-7-17(19)18-8-4-6-10-20(18)21/h3-12,14,21-22H,13,15H2,1-2H3,(H,28,29). The van der Waals surface area contributed by atoms with E-state index in [0.29, 0.717) is 11.4 Å². The summed E-state index contributed by atoms with van der Waals surface area (Å²) in [5, 5.41) is 9.70. The minimum atomic E-state index is -1.11. The molecule has 1 N–H and O–H groups in total. The Morgan fingerprint density at radius 3 is 2.19 bits per heavy atom. The summed E-state index contributed by atoms with van der Waals surface area (Å²) < 4.78 is 10.6. The zero-order chi connectivity index (χ0) is 22.7. The quantitative estimate of drug-likeness (QED) is 0.608. The van der Waals surface area contributed by atoms with Crippen LogP contribution in [-0.2, 0) is 16.0 Å². The molecule has 7 heteroatoms. The normalized spacial score (nSPS) is 13.1. The van der Waals surface area contributed by atoms with Crippen molar-refractivity contribution in [2.75, 3.05) is 20.8 Å². The molecule has 0 bridgehead atoms. The van der Waals surface area contributed by atoms with Crippen molar-refractivity contribution >= 4 is 12.1 Å². The van der Waals surface area contributed by atoms with Gasteiger partial charge in [-0.05, 0) is 27.8 Å². The summed E-state index contributed by atoms with van der Waals surface area (Å²) in [6.45, 7) is 0.133. The number of rotatable bonds is 7. The molecular weight excluding hydrogens is 408 g/mol. The maximum absolute atomic E-state index is 12.8. The Bertz CT molecular complexity index is 1080. The van der Waals surface area contributed by atoms with E-state index in [1.54, 1.807) is 18.3 Å². The Labute approximate surface area is 186 Å². The maximum Gasteiger partial charge on any atom is 0.410 e. The van der Waals surface area contributed by atoms with Crippen LogP contribution in [0.25, 0.3) is 11.1 Å². The van der Waals surface area contributed by atoms with Gasteiger partial charge in [-0.1, -0.05) is 54.6 Å². The monoisotopic (exact) mass is 432 g/mol. The van der Waals surface area contributed by atoms with Gasteiger partial charge in [0.15, 0.2) is 0 Å². The summed E-state index contributed by atoms with van der Waals surface area (Å²) in [4.78, 5) is 29.9. The first-order valence-corrected chi connectivity index (χ1v) is 10.3. The Morgan fingerprint density at radius 2 is 1.66 bits per heavy atom. The van der Waals surface area contributed by atoms with Crippen molar-refractivity contribution in [3.05, 3.63) is 83.6 Å². The van der Waals surface area contributed by atoms with Gasteiger partial charge in [0.1, 0.15) is 12.6 Å². The number of carbonyl (C=O) groups is 2. The number of aromatic nitrogens is 1. The largest absolute Gasteiger partial charge is 0.481 e. The van der Waals surface area contributed by atoms with Crippen LogP contribution >= 0.6 is 0 Å². The molecule has 0 aliphatic heterocycles. The summed E-state index contributed by atoms with van der Waals surface area (Å²) in [5.74, 6) is -0.767. The molecule has 1 aliphatic carbocycles. The molecular formula is C25H24N2O5. The number of hydrogen-bond donors (Lipinski definition) is 1. The molecule has 0 fully saturated rings. The lowest BCUT2D eigenvalue weighted by molar-refractivity contribution is -0.142. The Balaban J connectivity index is 1.46. The highest BCUT2D eigenvalue weighted by molar-refractivity contribution is 5.81. The zero-order valence-corrected chi connectivity index (χ0v) is 17.9. The van der Waals surface area contributed by atoms with Gasteiger partial charge in [0, 0.05) is 31.6 Å². The van der Waals surface area contributed by atoms with Gasteiger partial charge >= 0.3 is 12.1 Å². The fourth-order valence-corrected chi connectivity index (χ4v) is 4.09. The van der Waals surface area contributed by atoms with E-state index in [1.165, 1.54) is 14.2 Å². The molecule has 1 amide bonds. The number of methoxy groups -OCH3 is 1. The first kappa shape index (κ1) is 21.4. The van der Waals surface area contributed by atoms with Gasteiger partial charge in [0.2, 0.25) is 5.88 Å². The van der Waals surface area contributed by atoms with Crippen molar-refractivity contribution in [1.82, 2.24) is 9.88 Å². The van der Waals surface area contributed by atoms with E-state index in [-0.39, 0.29) is 18.9 Å². The number of fused-ring (bicyclic) bond motifs is 3. The smallest absolute Gasteiger partial charge is 0.410 e. The summed E-state index contributed by atoms with van der Waals surface area (Å²) in [5.41, 5.74) is 5.14. The second kappa shape index (κ2) is 9.09. The average molecular weight is 432 g/mol. The van der Waals surface area contributed by atoms with Crippen LogP contribution < -0.4 is 4.74 Å². The van der Waals surface area contributed by atoms with Crippen LogP contribution in [0.5, 0.6) is 5.88 Å². The SMILES string of the molecule is COc1ccc(CC(C(=O)O)N(C)C(=O)OCC2c3ccccc3-c3ccccc32)cn1. The minimum absolute atomic E-state index is 0.0891. The van der Waals surface area contributed by atoms with E-state index in [2.05, 4.69) is 17.1 Å². The highest BCUT2D eigenvalue weighted by Gasteiger charge is 2.32. The van der Waals surface area contributed by atoms with Gasteiger partial charge in [-0.25, -0.2) is 14.6 Å². The third-order valence-corrected chi connectivity index (χ3v) is 5.81. The van der Waals surface area contributed by atoms with Crippen LogP contribution in [0.3, 0.4) is 0 Å². The Kier molecular flexibility index (Phi) is 6.07. The molecule has 164 valence electrons. The van der Waals surface area contributed by atoms with Crippen molar-refractivity contribution in [1.29, 1.82) is 0 Å². The number of carbonyl (C=O) groups excluding carboxylic acids is 1. The third kappa shape index (κ3) is 4.14. The van der Waals surface area contributed by atoms with E-state index >= 15 is 0 Å². The number of likely N-dealkylation sites (N-methyl/N-ethyl adjacent to an activating group) is 1. The lowest BCUT2D eigenvalue weighted by atomic mass is 9.98. The number of hydrogen-bond acceptors (Lipinski definition) is 5. The number of nitrogens with zero attached hydrogens (tertiary/aromatic N) is 2. The highest BCUT2D eigenvalue weighted by atomic mass is 16.6. The number of benzene rings is 2. The summed E-state index contributed by atoms with van der Waals surface area (Å²) in [6, 6.07) is 18.4. The van der Waals surface area contributed by atoms with E-state index in [1.807, 2.05) is 36.4 Å². The van der Waals surface area contributed by atoms with Gasteiger partial charge in [0.25, 0.3) is 0 Å².